The minimum absolute atomic E-state index is 0.0982. The molecule has 0 saturated carbocycles. The van der Waals surface area contributed by atoms with Crippen LogP contribution in [0.5, 0.6) is 5.88 Å². The number of benzene rings is 1. The summed E-state index contributed by atoms with van der Waals surface area (Å²) in [6.07, 6.45) is 0.319. The molecular weight excluding hydrogens is 280 g/mol. The van der Waals surface area contributed by atoms with E-state index in [-0.39, 0.29) is 17.5 Å². The summed E-state index contributed by atoms with van der Waals surface area (Å²) >= 11 is 5.80. The van der Waals surface area contributed by atoms with Crippen LogP contribution in [-0.2, 0) is 11.2 Å². The Morgan fingerprint density at radius 3 is 2.60 bits per heavy atom. The number of nitrogens with one attached hydrogen (secondary N) is 1. The molecule has 1 aromatic heterocycles. The number of hydrogen-bond donors (Lipinski definition) is 2. The summed E-state index contributed by atoms with van der Waals surface area (Å²) < 4.78 is 5.10. The number of ether oxygens (including phenoxy) is 1. The lowest BCUT2D eigenvalue weighted by Crippen LogP contribution is -2.18. The van der Waals surface area contributed by atoms with Crippen LogP contribution in [0.15, 0.2) is 29.1 Å². The second-order valence-electron chi connectivity index (χ2n) is 4.47. The fourth-order valence-corrected chi connectivity index (χ4v) is 1.96. The predicted molar refractivity (Wildman–Crippen MR) is 77.1 cm³/mol. The van der Waals surface area contributed by atoms with Crippen molar-refractivity contribution < 1.29 is 9.84 Å². The smallest absolute Gasteiger partial charge is 0.262 e. The molecule has 0 amide bonds. The van der Waals surface area contributed by atoms with Crippen LogP contribution in [0.25, 0.3) is 11.1 Å². The van der Waals surface area contributed by atoms with Crippen LogP contribution in [0.3, 0.4) is 0 Å². The van der Waals surface area contributed by atoms with Gasteiger partial charge in [0, 0.05) is 18.6 Å². The highest BCUT2D eigenvalue weighted by Gasteiger charge is 2.14. The van der Waals surface area contributed by atoms with Crippen molar-refractivity contribution in [3.63, 3.8) is 0 Å². The second kappa shape index (κ2) is 6.07. The molecule has 0 aliphatic heterocycles. The van der Waals surface area contributed by atoms with Crippen LogP contribution < -0.4 is 5.56 Å². The minimum atomic E-state index is -0.391. The van der Waals surface area contributed by atoms with E-state index in [1.54, 1.807) is 31.4 Å². The summed E-state index contributed by atoms with van der Waals surface area (Å²) in [6, 6.07) is 6.62. The molecular formula is C14H15ClN2O3. The van der Waals surface area contributed by atoms with Crippen molar-refractivity contribution in [1.29, 1.82) is 0 Å². The number of halogens is 1. The van der Waals surface area contributed by atoms with E-state index in [1.807, 2.05) is 6.92 Å². The Balaban J connectivity index is 2.41. The van der Waals surface area contributed by atoms with E-state index in [4.69, 9.17) is 16.3 Å². The molecule has 20 heavy (non-hydrogen) atoms. The predicted octanol–water partition coefficient (Wildman–Crippen LogP) is 2.37. The van der Waals surface area contributed by atoms with E-state index in [2.05, 4.69) is 9.97 Å². The summed E-state index contributed by atoms with van der Waals surface area (Å²) in [7, 11) is 1.57. The first-order valence-corrected chi connectivity index (χ1v) is 6.50. The SMILES string of the molecule is COC(C)Cc1nc(O)c(-c2ccc(Cl)cc2)c(=O)[nH]1. The van der Waals surface area contributed by atoms with Crippen LogP contribution in [0.2, 0.25) is 5.02 Å². The van der Waals surface area contributed by atoms with Crippen molar-refractivity contribution in [2.45, 2.75) is 19.4 Å². The van der Waals surface area contributed by atoms with Gasteiger partial charge < -0.3 is 14.8 Å². The number of hydrogen-bond acceptors (Lipinski definition) is 4. The number of rotatable bonds is 4. The minimum Gasteiger partial charge on any atom is -0.493 e. The molecule has 0 saturated heterocycles. The lowest BCUT2D eigenvalue weighted by Gasteiger charge is -2.10. The number of nitrogens with zero attached hydrogens (tertiary/aromatic N) is 1. The zero-order valence-electron chi connectivity index (χ0n) is 11.2. The van der Waals surface area contributed by atoms with E-state index >= 15 is 0 Å². The van der Waals surface area contributed by atoms with Crippen molar-refractivity contribution in [3.05, 3.63) is 45.5 Å². The van der Waals surface area contributed by atoms with Crippen LogP contribution in [0, 0.1) is 0 Å². The maximum atomic E-state index is 12.1. The number of aromatic nitrogens is 2. The molecule has 1 aromatic carbocycles. The molecule has 0 fully saturated rings. The molecule has 2 aromatic rings. The second-order valence-corrected chi connectivity index (χ2v) is 4.91. The van der Waals surface area contributed by atoms with Gasteiger partial charge in [-0.1, -0.05) is 23.7 Å². The van der Waals surface area contributed by atoms with E-state index in [1.165, 1.54) is 0 Å². The van der Waals surface area contributed by atoms with Crippen molar-refractivity contribution in [1.82, 2.24) is 9.97 Å². The summed E-state index contributed by atoms with van der Waals surface area (Å²) in [4.78, 5) is 18.7. The molecule has 1 heterocycles. The number of methoxy groups -OCH3 is 1. The van der Waals surface area contributed by atoms with E-state index in [9.17, 15) is 9.90 Å². The maximum absolute atomic E-state index is 12.1. The van der Waals surface area contributed by atoms with Gasteiger partial charge in [0.15, 0.2) is 0 Å². The molecule has 1 atom stereocenters. The van der Waals surface area contributed by atoms with Crippen molar-refractivity contribution in [3.8, 4) is 17.0 Å². The number of H-pyrrole nitrogens is 1. The van der Waals surface area contributed by atoms with Gasteiger partial charge in [0.1, 0.15) is 11.4 Å². The first-order chi connectivity index (χ1) is 9.51. The topological polar surface area (TPSA) is 75.2 Å². The average Bonchev–Trinajstić information content (AvgIpc) is 2.40. The Morgan fingerprint density at radius 1 is 1.40 bits per heavy atom. The van der Waals surface area contributed by atoms with Gasteiger partial charge in [-0.05, 0) is 24.6 Å². The Hall–Kier alpha value is -1.85. The number of aromatic amines is 1. The Bertz CT molecular complexity index is 652. The summed E-state index contributed by atoms with van der Waals surface area (Å²) in [5.74, 6) is 0.0916. The molecule has 0 aliphatic rings. The zero-order valence-corrected chi connectivity index (χ0v) is 11.9. The van der Waals surface area contributed by atoms with Crippen LogP contribution >= 0.6 is 11.6 Å². The van der Waals surface area contributed by atoms with E-state index < -0.39 is 5.56 Å². The van der Waals surface area contributed by atoms with Gasteiger partial charge in [-0.15, -0.1) is 0 Å². The normalized spacial score (nSPS) is 12.3. The Labute approximate surface area is 121 Å². The number of aromatic hydroxyl groups is 1. The monoisotopic (exact) mass is 294 g/mol. The van der Waals surface area contributed by atoms with E-state index in [0.717, 1.165) is 0 Å². The van der Waals surface area contributed by atoms with Gasteiger partial charge in [-0.3, -0.25) is 4.79 Å². The highest BCUT2D eigenvalue weighted by Crippen LogP contribution is 2.24. The summed E-state index contributed by atoms with van der Waals surface area (Å²) in [6.45, 7) is 1.85. The quantitative estimate of drug-likeness (QED) is 0.908. The molecule has 1 unspecified atom stereocenters. The first kappa shape index (κ1) is 14.6. The van der Waals surface area contributed by atoms with Crippen LogP contribution in [0.4, 0.5) is 0 Å². The Kier molecular flexibility index (Phi) is 4.42. The van der Waals surface area contributed by atoms with Crippen molar-refractivity contribution in [2.24, 2.45) is 0 Å². The molecule has 2 N–H and O–H groups in total. The van der Waals surface area contributed by atoms with Crippen LogP contribution in [0.1, 0.15) is 12.7 Å². The van der Waals surface area contributed by atoms with Gasteiger partial charge >= 0.3 is 0 Å². The maximum Gasteiger partial charge on any atom is 0.262 e. The first-order valence-electron chi connectivity index (χ1n) is 6.12. The standard InChI is InChI=1S/C14H15ClN2O3/c1-8(20-2)7-11-16-13(18)12(14(19)17-11)9-3-5-10(15)6-4-9/h3-6,8H,7H2,1-2H3,(H2,16,17,18,19). The zero-order chi connectivity index (χ0) is 14.7. The fraction of sp³-hybridized carbons (Fsp3) is 0.286. The molecule has 0 bridgehead atoms. The largest absolute Gasteiger partial charge is 0.493 e. The third kappa shape index (κ3) is 3.18. The summed E-state index contributed by atoms with van der Waals surface area (Å²) in [5, 5.41) is 10.5. The molecule has 0 radical (unpaired) electrons. The van der Waals surface area contributed by atoms with E-state index in [0.29, 0.717) is 22.8 Å². The van der Waals surface area contributed by atoms with Gasteiger partial charge in [0.05, 0.1) is 6.10 Å². The van der Waals surface area contributed by atoms with Crippen LogP contribution in [-0.4, -0.2) is 28.3 Å². The third-order valence-corrected chi connectivity index (χ3v) is 3.22. The third-order valence-electron chi connectivity index (χ3n) is 2.97. The molecule has 5 nitrogen and oxygen atoms in total. The molecule has 0 spiro atoms. The van der Waals surface area contributed by atoms with Gasteiger partial charge in [0.2, 0.25) is 5.88 Å². The van der Waals surface area contributed by atoms with Gasteiger partial charge in [-0.25, -0.2) is 0 Å². The molecule has 2 rings (SSSR count). The average molecular weight is 295 g/mol. The lowest BCUT2D eigenvalue weighted by atomic mass is 10.1. The molecule has 106 valence electrons. The lowest BCUT2D eigenvalue weighted by molar-refractivity contribution is 0.117. The molecule has 6 heteroatoms. The summed E-state index contributed by atoms with van der Waals surface area (Å²) in [5.41, 5.74) is 0.306. The highest BCUT2D eigenvalue weighted by molar-refractivity contribution is 6.30. The Morgan fingerprint density at radius 2 is 2.05 bits per heavy atom. The van der Waals surface area contributed by atoms with Gasteiger partial charge in [-0.2, -0.15) is 4.98 Å². The fourth-order valence-electron chi connectivity index (χ4n) is 1.84. The highest BCUT2D eigenvalue weighted by atomic mass is 35.5. The van der Waals surface area contributed by atoms with Gasteiger partial charge in [0.25, 0.3) is 5.56 Å². The molecule has 0 aliphatic carbocycles. The van der Waals surface area contributed by atoms with Crippen molar-refractivity contribution >= 4 is 11.6 Å². The van der Waals surface area contributed by atoms with Crippen molar-refractivity contribution in [2.75, 3.05) is 7.11 Å².